The molecule has 0 fully saturated rings. The van der Waals surface area contributed by atoms with Crippen LogP contribution in [0.5, 0.6) is 0 Å². The Balaban J connectivity index is 0.00000225. The van der Waals surface area contributed by atoms with Gasteiger partial charge in [-0.15, -0.1) is 12.4 Å². The SMILES string of the molecule is CCN(CC)C(=O)c1cc(-c2cccc(Cl)c2)nc2ccccc12.Cl. The minimum absolute atomic E-state index is 0. The summed E-state index contributed by atoms with van der Waals surface area (Å²) in [7, 11) is 0. The number of carbonyl (C=O) groups excluding carboxylic acids is 1. The molecule has 3 aromatic rings. The summed E-state index contributed by atoms with van der Waals surface area (Å²) in [4.78, 5) is 19.5. The van der Waals surface area contributed by atoms with Crippen molar-refractivity contribution in [3.05, 3.63) is 65.2 Å². The Bertz CT molecular complexity index is 892. The zero-order valence-electron chi connectivity index (χ0n) is 14.2. The van der Waals surface area contributed by atoms with Crippen molar-refractivity contribution < 1.29 is 4.79 Å². The molecule has 0 unspecified atom stereocenters. The first kappa shape index (κ1) is 19.2. The Morgan fingerprint density at radius 2 is 1.76 bits per heavy atom. The lowest BCUT2D eigenvalue weighted by molar-refractivity contribution is 0.0775. The summed E-state index contributed by atoms with van der Waals surface area (Å²) >= 11 is 6.11. The lowest BCUT2D eigenvalue weighted by Crippen LogP contribution is -2.30. The van der Waals surface area contributed by atoms with E-state index in [0.29, 0.717) is 23.7 Å². The van der Waals surface area contributed by atoms with Gasteiger partial charge >= 0.3 is 0 Å². The van der Waals surface area contributed by atoms with Crippen molar-refractivity contribution >= 4 is 40.8 Å². The average Bonchev–Trinajstić information content (AvgIpc) is 2.61. The number of hydrogen-bond acceptors (Lipinski definition) is 2. The van der Waals surface area contributed by atoms with Crippen LogP contribution < -0.4 is 0 Å². The molecule has 25 heavy (non-hydrogen) atoms. The summed E-state index contributed by atoms with van der Waals surface area (Å²) < 4.78 is 0. The highest BCUT2D eigenvalue weighted by Crippen LogP contribution is 2.27. The highest BCUT2D eigenvalue weighted by molar-refractivity contribution is 6.30. The number of pyridine rings is 1. The number of nitrogens with zero attached hydrogens (tertiary/aromatic N) is 2. The fraction of sp³-hybridized carbons (Fsp3) is 0.200. The van der Waals surface area contributed by atoms with Crippen molar-refractivity contribution in [3.63, 3.8) is 0 Å². The van der Waals surface area contributed by atoms with Gasteiger partial charge in [0.15, 0.2) is 0 Å². The number of amides is 1. The third kappa shape index (κ3) is 3.94. The summed E-state index contributed by atoms with van der Waals surface area (Å²) in [5.74, 6) is 0.0295. The van der Waals surface area contributed by atoms with E-state index >= 15 is 0 Å². The minimum Gasteiger partial charge on any atom is -0.339 e. The second kappa shape index (κ2) is 8.32. The molecule has 0 saturated carbocycles. The summed E-state index contributed by atoms with van der Waals surface area (Å²) in [5.41, 5.74) is 3.15. The maximum atomic E-state index is 12.9. The maximum Gasteiger partial charge on any atom is 0.254 e. The first-order valence-electron chi connectivity index (χ1n) is 8.09. The standard InChI is InChI=1S/C20H19ClN2O.ClH/c1-3-23(4-2)20(24)17-13-19(14-8-7-9-15(21)12-14)22-18-11-6-5-10-16(17)18;/h5-13H,3-4H2,1-2H3;1H. The van der Waals surface area contributed by atoms with Gasteiger partial charge in [-0.05, 0) is 38.1 Å². The van der Waals surface area contributed by atoms with E-state index in [2.05, 4.69) is 0 Å². The molecule has 2 aromatic carbocycles. The number of benzene rings is 2. The van der Waals surface area contributed by atoms with E-state index in [9.17, 15) is 4.79 Å². The lowest BCUT2D eigenvalue weighted by atomic mass is 10.0. The van der Waals surface area contributed by atoms with E-state index in [1.165, 1.54) is 0 Å². The van der Waals surface area contributed by atoms with Crippen molar-refractivity contribution in [2.75, 3.05) is 13.1 Å². The minimum atomic E-state index is 0. The molecule has 0 spiro atoms. The molecule has 3 rings (SSSR count). The van der Waals surface area contributed by atoms with Gasteiger partial charge in [-0.25, -0.2) is 4.98 Å². The van der Waals surface area contributed by atoms with Crippen molar-refractivity contribution in [1.29, 1.82) is 0 Å². The number of halogens is 2. The van der Waals surface area contributed by atoms with Crippen molar-refractivity contribution in [3.8, 4) is 11.3 Å². The molecule has 0 aliphatic carbocycles. The quantitative estimate of drug-likeness (QED) is 0.607. The zero-order chi connectivity index (χ0) is 17.1. The Morgan fingerprint density at radius 3 is 2.44 bits per heavy atom. The van der Waals surface area contributed by atoms with Gasteiger partial charge in [-0.1, -0.05) is 41.9 Å². The van der Waals surface area contributed by atoms with Crippen LogP contribution in [0.3, 0.4) is 0 Å². The molecule has 1 amide bonds. The zero-order valence-corrected chi connectivity index (χ0v) is 15.8. The van der Waals surface area contributed by atoms with Crippen LogP contribution in [0, 0.1) is 0 Å². The van der Waals surface area contributed by atoms with Gasteiger partial charge in [0.2, 0.25) is 0 Å². The van der Waals surface area contributed by atoms with Gasteiger partial charge in [-0.2, -0.15) is 0 Å². The molecule has 0 radical (unpaired) electrons. The van der Waals surface area contributed by atoms with E-state index in [0.717, 1.165) is 22.2 Å². The Hall–Kier alpha value is -2.10. The van der Waals surface area contributed by atoms with Crippen LogP contribution in [-0.2, 0) is 0 Å². The summed E-state index contributed by atoms with van der Waals surface area (Å²) in [6.45, 7) is 5.34. The van der Waals surface area contributed by atoms with E-state index in [1.54, 1.807) is 0 Å². The summed E-state index contributed by atoms with van der Waals surface area (Å²) in [6, 6.07) is 17.1. The highest BCUT2D eigenvalue weighted by Gasteiger charge is 2.17. The number of carbonyl (C=O) groups is 1. The number of aromatic nitrogens is 1. The average molecular weight is 375 g/mol. The predicted octanol–water partition coefficient (Wildman–Crippen LogP) is 5.46. The molecule has 130 valence electrons. The molecule has 5 heteroatoms. The van der Waals surface area contributed by atoms with E-state index in [-0.39, 0.29) is 18.3 Å². The molecule has 0 atom stereocenters. The Kier molecular flexibility index (Phi) is 6.40. The van der Waals surface area contributed by atoms with Crippen LogP contribution in [0.4, 0.5) is 0 Å². The van der Waals surface area contributed by atoms with Crippen LogP contribution in [0.1, 0.15) is 24.2 Å². The maximum absolute atomic E-state index is 12.9. The van der Waals surface area contributed by atoms with Gasteiger partial charge in [0.25, 0.3) is 5.91 Å². The number of para-hydroxylation sites is 1. The smallest absolute Gasteiger partial charge is 0.254 e. The van der Waals surface area contributed by atoms with Gasteiger partial charge in [0.1, 0.15) is 0 Å². The van der Waals surface area contributed by atoms with Crippen LogP contribution in [0.2, 0.25) is 5.02 Å². The van der Waals surface area contributed by atoms with Gasteiger partial charge in [-0.3, -0.25) is 4.79 Å². The second-order valence-electron chi connectivity index (χ2n) is 5.56. The fourth-order valence-electron chi connectivity index (χ4n) is 2.83. The van der Waals surface area contributed by atoms with E-state index < -0.39 is 0 Å². The van der Waals surface area contributed by atoms with E-state index in [4.69, 9.17) is 16.6 Å². The third-order valence-corrected chi connectivity index (χ3v) is 4.35. The highest BCUT2D eigenvalue weighted by atomic mass is 35.5. The van der Waals surface area contributed by atoms with Crippen molar-refractivity contribution in [1.82, 2.24) is 9.88 Å². The Labute approximate surface area is 159 Å². The van der Waals surface area contributed by atoms with E-state index in [1.807, 2.05) is 73.3 Å². The fourth-order valence-corrected chi connectivity index (χ4v) is 3.02. The van der Waals surface area contributed by atoms with Gasteiger partial charge in [0.05, 0.1) is 16.8 Å². The van der Waals surface area contributed by atoms with Crippen LogP contribution in [0.15, 0.2) is 54.6 Å². The molecule has 1 heterocycles. The van der Waals surface area contributed by atoms with Crippen molar-refractivity contribution in [2.45, 2.75) is 13.8 Å². The molecular formula is C20H20Cl2N2O. The second-order valence-corrected chi connectivity index (χ2v) is 6.00. The predicted molar refractivity (Wildman–Crippen MR) is 107 cm³/mol. The molecule has 0 bridgehead atoms. The molecule has 1 aromatic heterocycles. The molecule has 0 aliphatic heterocycles. The normalized spacial score (nSPS) is 10.4. The third-order valence-electron chi connectivity index (χ3n) is 4.12. The molecule has 3 nitrogen and oxygen atoms in total. The molecular weight excluding hydrogens is 355 g/mol. The van der Waals surface area contributed by atoms with Crippen molar-refractivity contribution in [2.24, 2.45) is 0 Å². The number of rotatable bonds is 4. The molecule has 0 saturated heterocycles. The first-order valence-corrected chi connectivity index (χ1v) is 8.46. The van der Waals surface area contributed by atoms with Crippen LogP contribution in [0.25, 0.3) is 22.2 Å². The van der Waals surface area contributed by atoms with Gasteiger partial charge in [0, 0.05) is 29.1 Å². The van der Waals surface area contributed by atoms with Gasteiger partial charge < -0.3 is 4.90 Å². The topological polar surface area (TPSA) is 33.2 Å². The van der Waals surface area contributed by atoms with Crippen LogP contribution in [-0.4, -0.2) is 28.9 Å². The molecule has 0 N–H and O–H groups in total. The van der Waals surface area contributed by atoms with Crippen LogP contribution >= 0.6 is 24.0 Å². The molecule has 0 aliphatic rings. The summed E-state index contributed by atoms with van der Waals surface area (Å²) in [6.07, 6.45) is 0. The Morgan fingerprint density at radius 1 is 1.04 bits per heavy atom. The largest absolute Gasteiger partial charge is 0.339 e. The number of fused-ring (bicyclic) bond motifs is 1. The number of hydrogen-bond donors (Lipinski definition) is 0. The first-order chi connectivity index (χ1) is 11.6. The summed E-state index contributed by atoms with van der Waals surface area (Å²) in [5, 5.41) is 1.53. The monoisotopic (exact) mass is 374 g/mol. The lowest BCUT2D eigenvalue weighted by Gasteiger charge is -2.20.